The maximum absolute atomic E-state index is 12.9. The molecule has 29 heavy (non-hydrogen) atoms. The van der Waals surface area contributed by atoms with E-state index in [9.17, 15) is 4.79 Å². The van der Waals surface area contributed by atoms with Crippen LogP contribution in [0.4, 0.5) is 0 Å². The molecule has 7 nitrogen and oxygen atoms in total. The highest BCUT2D eigenvalue weighted by molar-refractivity contribution is 5.92. The molecule has 1 amide bonds. The molecule has 1 aromatic carbocycles. The fourth-order valence-corrected chi connectivity index (χ4v) is 4.14. The summed E-state index contributed by atoms with van der Waals surface area (Å²) in [7, 11) is 0. The fourth-order valence-electron chi connectivity index (χ4n) is 4.14. The Hall–Kier alpha value is -2.22. The van der Waals surface area contributed by atoms with Crippen LogP contribution in [0.3, 0.4) is 0 Å². The van der Waals surface area contributed by atoms with Crippen LogP contribution in [0.2, 0.25) is 0 Å². The number of rotatable bonds is 7. The van der Waals surface area contributed by atoms with E-state index in [0.29, 0.717) is 11.7 Å². The molecule has 2 saturated heterocycles. The Balaban J connectivity index is 1.41. The second-order valence-electron chi connectivity index (χ2n) is 7.95. The average Bonchev–Trinajstić information content (AvgIpc) is 3.26. The number of hydrogen-bond acceptors (Lipinski definition) is 5. The normalized spacial score (nSPS) is 21.6. The number of ether oxygens (including phenoxy) is 1. The Bertz CT molecular complexity index is 767. The third kappa shape index (κ3) is 5.65. The first-order chi connectivity index (χ1) is 14.3. The van der Waals surface area contributed by atoms with Crippen molar-refractivity contribution in [2.45, 2.75) is 31.3 Å². The van der Waals surface area contributed by atoms with Crippen molar-refractivity contribution in [3.05, 3.63) is 53.9 Å². The van der Waals surface area contributed by atoms with E-state index in [2.05, 4.69) is 32.8 Å². The predicted molar refractivity (Wildman–Crippen MR) is 112 cm³/mol. The van der Waals surface area contributed by atoms with Crippen molar-refractivity contribution in [1.82, 2.24) is 25.3 Å². The molecule has 3 heterocycles. The van der Waals surface area contributed by atoms with Crippen molar-refractivity contribution in [3.8, 4) is 0 Å². The molecule has 0 radical (unpaired) electrons. The Kier molecular flexibility index (Phi) is 6.92. The number of nitrogens with zero attached hydrogens (tertiary/aromatic N) is 3. The first-order valence-electron chi connectivity index (χ1n) is 10.7. The molecule has 0 saturated carbocycles. The van der Waals surface area contributed by atoms with Crippen molar-refractivity contribution >= 4 is 5.91 Å². The van der Waals surface area contributed by atoms with Gasteiger partial charge in [-0.15, -0.1) is 0 Å². The second-order valence-corrected chi connectivity index (χ2v) is 7.95. The molecule has 2 aliphatic heterocycles. The Labute approximate surface area is 172 Å². The SMILES string of the molecule is O=C(NC(Cc1ccccc1)CN1CCOCC1)c1ccn(C2CCCNC2)n1. The molecule has 2 fully saturated rings. The van der Waals surface area contributed by atoms with Crippen molar-refractivity contribution < 1.29 is 9.53 Å². The van der Waals surface area contributed by atoms with Crippen LogP contribution in [0.5, 0.6) is 0 Å². The molecule has 2 aliphatic rings. The summed E-state index contributed by atoms with van der Waals surface area (Å²) in [6, 6.07) is 12.5. The van der Waals surface area contributed by atoms with E-state index >= 15 is 0 Å². The summed E-state index contributed by atoms with van der Waals surface area (Å²) in [6.45, 7) is 6.12. The van der Waals surface area contributed by atoms with Crippen LogP contribution in [-0.2, 0) is 11.2 Å². The van der Waals surface area contributed by atoms with Crippen molar-refractivity contribution in [2.75, 3.05) is 45.9 Å². The smallest absolute Gasteiger partial charge is 0.272 e. The van der Waals surface area contributed by atoms with E-state index in [1.165, 1.54) is 5.56 Å². The summed E-state index contributed by atoms with van der Waals surface area (Å²) in [6.07, 6.45) is 4.98. The summed E-state index contributed by atoms with van der Waals surface area (Å²) in [5.74, 6) is -0.0956. The molecule has 2 unspecified atom stereocenters. The lowest BCUT2D eigenvalue weighted by Gasteiger charge is -2.31. The maximum Gasteiger partial charge on any atom is 0.272 e. The van der Waals surface area contributed by atoms with Crippen molar-refractivity contribution in [3.63, 3.8) is 0 Å². The fraction of sp³-hybridized carbons (Fsp3) is 0.545. The quantitative estimate of drug-likeness (QED) is 0.741. The highest BCUT2D eigenvalue weighted by atomic mass is 16.5. The lowest BCUT2D eigenvalue weighted by atomic mass is 10.0. The third-order valence-electron chi connectivity index (χ3n) is 5.73. The lowest BCUT2D eigenvalue weighted by molar-refractivity contribution is 0.0333. The van der Waals surface area contributed by atoms with Crippen LogP contribution in [0.25, 0.3) is 0 Å². The molecule has 0 bridgehead atoms. The van der Waals surface area contributed by atoms with Gasteiger partial charge < -0.3 is 15.4 Å². The topological polar surface area (TPSA) is 71.4 Å². The van der Waals surface area contributed by atoms with Gasteiger partial charge in [-0.3, -0.25) is 14.4 Å². The summed E-state index contributed by atoms with van der Waals surface area (Å²) >= 11 is 0. The molecular formula is C22H31N5O2. The van der Waals surface area contributed by atoms with Gasteiger partial charge in [0.1, 0.15) is 5.69 Å². The lowest BCUT2D eigenvalue weighted by Crippen LogP contribution is -2.48. The van der Waals surface area contributed by atoms with E-state index in [1.54, 1.807) is 0 Å². The van der Waals surface area contributed by atoms with Crippen LogP contribution in [0, 0.1) is 0 Å². The number of carbonyl (C=O) groups is 1. The van der Waals surface area contributed by atoms with Gasteiger partial charge in [0.25, 0.3) is 5.91 Å². The Morgan fingerprint density at radius 1 is 1.24 bits per heavy atom. The molecule has 0 spiro atoms. The van der Waals surface area contributed by atoms with E-state index in [1.807, 2.05) is 35.1 Å². The molecule has 7 heteroatoms. The Morgan fingerprint density at radius 3 is 2.83 bits per heavy atom. The molecule has 156 valence electrons. The van der Waals surface area contributed by atoms with Gasteiger partial charge in [-0.05, 0) is 37.4 Å². The monoisotopic (exact) mass is 397 g/mol. The van der Waals surface area contributed by atoms with Crippen LogP contribution < -0.4 is 10.6 Å². The summed E-state index contributed by atoms with van der Waals surface area (Å²) in [5, 5.41) is 11.2. The van der Waals surface area contributed by atoms with E-state index in [4.69, 9.17) is 4.74 Å². The van der Waals surface area contributed by atoms with Gasteiger partial charge in [-0.1, -0.05) is 30.3 Å². The van der Waals surface area contributed by atoms with E-state index in [-0.39, 0.29) is 11.9 Å². The Morgan fingerprint density at radius 2 is 2.07 bits per heavy atom. The van der Waals surface area contributed by atoms with Gasteiger partial charge in [0.15, 0.2) is 0 Å². The summed E-state index contributed by atoms with van der Waals surface area (Å²) in [5.41, 5.74) is 1.72. The molecular weight excluding hydrogens is 366 g/mol. The van der Waals surface area contributed by atoms with Gasteiger partial charge in [-0.2, -0.15) is 5.10 Å². The number of nitrogens with one attached hydrogen (secondary N) is 2. The zero-order chi connectivity index (χ0) is 19.9. The number of benzene rings is 1. The largest absolute Gasteiger partial charge is 0.379 e. The molecule has 2 N–H and O–H groups in total. The summed E-state index contributed by atoms with van der Waals surface area (Å²) < 4.78 is 7.40. The molecule has 2 atom stereocenters. The minimum absolute atomic E-state index is 0.0319. The van der Waals surface area contributed by atoms with Gasteiger partial charge in [0.2, 0.25) is 0 Å². The van der Waals surface area contributed by atoms with Crippen LogP contribution in [0.15, 0.2) is 42.6 Å². The molecule has 2 aromatic rings. The van der Waals surface area contributed by atoms with Gasteiger partial charge in [-0.25, -0.2) is 0 Å². The van der Waals surface area contributed by atoms with Crippen LogP contribution in [-0.4, -0.2) is 72.6 Å². The first-order valence-corrected chi connectivity index (χ1v) is 10.7. The standard InChI is InChI=1S/C22H31N5O2/c28-22(21-8-10-27(25-21)20-7-4-9-23-16-20)24-19(15-18-5-2-1-3-6-18)17-26-11-13-29-14-12-26/h1-3,5-6,8,10,19-20,23H,4,7,9,11-17H2,(H,24,28). The predicted octanol–water partition coefficient (Wildman–Crippen LogP) is 1.48. The number of hydrogen-bond donors (Lipinski definition) is 2. The van der Waals surface area contributed by atoms with E-state index in [0.717, 1.165) is 65.2 Å². The number of aromatic nitrogens is 2. The summed E-state index contributed by atoms with van der Waals surface area (Å²) in [4.78, 5) is 15.3. The average molecular weight is 398 g/mol. The number of carbonyl (C=O) groups excluding carboxylic acids is 1. The first kappa shape index (κ1) is 20.1. The zero-order valence-corrected chi connectivity index (χ0v) is 16.9. The minimum Gasteiger partial charge on any atom is -0.379 e. The molecule has 0 aliphatic carbocycles. The van der Waals surface area contributed by atoms with Crippen molar-refractivity contribution in [2.24, 2.45) is 0 Å². The van der Waals surface area contributed by atoms with Gasteiger partial charge in [0.05, 0.1) is 19.3 Å². The van der Waals surface area contributed by atoms with E-state index < -0.39 is 0 Å². The number of amides is 1. The van der Waals surface area contributed by atoms with Gasteiger partial charge >= 0.3 is 0 Å². The zero-order valence-electron chi connectivity index (χ0n) is 16.9. The maximum atomic E-state index is 12.9. The minimum atomic E-state index is -0.0956. The molecule has 1 aromatic heterocycles. The molecule has 4 rings (SSSR count). The third-order valence-corrected chi connectivity index (χ3v) is 5.73. The highest BCUT2D eigenvalue weighted by Crippen LogP contribution is 2.16. The van der Waals surface area contributed by atoms with Crippen LogP contribution in [0.1, 0.15) is 34.9 Å². The number of morpholine rings is 1. The van der Waals surface area contributed by atoms with Crippen LogP contribution >= 0.6 is 0 Å². The number of piperidine rings is 1. The highest BCUT2D eigenvalue weighted by Gasteiger charge is 2.22. The second kappa shape index (κ2) is 10.0. The van der Waals surface area contributed by atoms with Crippen molar-refractivity contribution in [1.29, 1.82) is 0 Å². The van der Waals surface area contributed by atoms with Gasteiger partial charge in [0, 0.05) is 38.4 Å².